The van der Waals surface area contributed by atoms with Crippen LogP contribution in [-0.4, -0.2) is 25.2 Å². The molecule has 0 fully saturated rings. The van der Waals surface area contributed by atoms with E-state index in [0.29, 0.717) is 19.6 Å². The number of hydrogen-bond acceptors (Lipinski definition) is 4. The molecule has 0 bridgehead atoms. The highest BCUT2D eigenvalue weighted by Crippen LogP contribution is 1.95. The molecule has 0 N–H and O–H groups in total. The SMILES string of the molecule is CCOCCCC(=O)OC(=O)CC. The summed E-state index contributed by atoms with van der Waals surface area (Å²) in [5.74, 6) is -0.937. The molecule has 0 radical (unpaired) electrons. The molecule has 0 aliphatic heterocycles. The van der Waals surface area contributed by atoms with Crippen LogP contribution in [0.2, 0.25) is 0 Å². The molecule has 4 nitrogen and oxygen atoms in total. The van der Waals surface area contributed by atoms with Gasteiger partial charge in [-0.05, 0) is 13.3 Å². The van der Waals surface area contributed by atoms with Crippen LogP contribution in [0.1, 0.15) is 33.1 Å². The molecule has 0 heterocycles. The molecule has 0 unspecified atom stereocenters. The number of esters is 2. The van der Waals surface area contributed by atoms with Crippen LogP contribution in [-0.2, 0) is 19.1 Å². The lowest BCUT2D eigenvalue weighted by Gasteiger charge is -2.01. The minimum Gasteiger partial charge on any atom is -0.393 e. The highest BCUT2D eigenvalue weighted by atomic mass is 16.6. The Bertz CT molecular complexity index is 165. The van der Waals surface area contributed by atoms with Crippen molar-refractivity contribution in [3.8, 4) is 0 Å². The van der Waals surface area contributed by atoms with Gasteiger partial charge in [0.2, 0.25) is 0 Å². The van der Waals surface area contributed by atoms with Gasteiger partial charge in [0.25, 0.3) is 0 Å². The highest BCUT2D eigenvalue weighted by molar-refractivity contribution is 5.85. The van der Waals surface area contributed by atoms with Crippen LogP contribution in [0.3, 0.4) is 0 Å². The van der Waals surface area contributed by atoms with E-state index in [1.165, 1.54) is 0 Å². The van der Waals surface area contributed by atoms with Gasteiger partial charge < -0.3 is 9.47 Å². The van der Waals surface area contributed by atoms with Gasteiger partial charge in [-0.3, -0.25) is 9.59 Å². The topological polar surface area (TPSA) is 52.6 Å². The fraction of sp³-hybridized carbons (Fsp3) is 0.778. The van der Waals surface area contributed by atoms with E-state index >= 15 is 0 Å². The molecule has 0 aromatic carbocycles. The lowest BCUT2D eigenvalue weighted by molar-refractivity contribution is -0.159. The highest BCUT2D eigenvalue weighted by Gasteiger charge is 2.07. The summed E-state index contributed by atoms with van der Waals surface area (Å²) in [4.78, 5) is 21.5. The van der Waals surface area contributed by atoms with Crippen molar-refractivity contribution in [2.45, 2.75) is 33.1 Å². The summed E-state index contributed by atoms with van der Waals surface area (Å²) in [6.07, 6.45) is 1.08. The van der Waals surface area contributed by atoms with E-state index in [1.807, 2.05) is 6.92 Å². The van der Waals surface area contributed by atoms with Gasteiger partial charge in [0.05, 0.1) is 0 Å². The Balaban J connectivity index is 3.35. The lowest BCUT2D eigenvalue weighted by Crippen LogP contribution is -2.11. The first-order valence-corrected chi connectivity index (χ1v) is 4.52. The van der Waals surface area contributed by atoms with E-state index in [-0.39, 0.29) is 12.8 Å². The first-order chi connectivity index (χ1) is 6.20. The molecule has 0 spiro atoms. The Morgan fingerprint density at radius 2 is 1.85 bits per heavy atom. The van der Waals surface area contributed by atoms with Crippen molar-refractivity contribution in [3.05, 3.63) is 0 Å². The van der Waals surface area contributed by atoms with E-state index in [2.05, 4.69) is 4.74 Å². The largest absolute Gasteiger partial charge is 0.393 e. The third-order valence-corrected chi connectivity index (χ3v) is 1.39. The van der Waals surface area contributed by atoms with Crippen LogP contribution in [0.25, 0.3) is 0 Å². The van der Waals surface area contributed by atoms with Gasteiger partial charge in [-0.15, -0.1) is 0 Å². The summed E-state index contributed by atoms with van der Waals surface area (Å²) in [6.45, 7) is 4.71. The second-order valence-corrected chi connectivity index (χ2v) is 2.50. The molecule has 0 aliphatic carbocycles. The van der Waals surface area contributed by atoms with Crippen LogP contribution in [0.5, 0.6) is 0 Å². The van der Waals surface area contributed by atoms with Gasteiger partial charge >= 0.3 is 11.9 Å². The Hall–Kier alpha value is -0.900. The van der Waals surface area contributed by atoms with Crippen LogP contribution >= 0.6 is 0 Å². The van der Waals surface area contributed by atoms with Gasteiger partial charge in [0.15, 0.2) is 0 Å². The fourth-order valence-electron chi connectivity index (χ4n) is 0.713. The summed E-state index contributed by atoms with van der Waals surface area (Å²) in [6, 6.07) is 0. The standard InChI is InChI=1S/C9H16O4/c1-3-8(10)13-9(11)6-5-7-12-4-2/h3-7H2,1-2H3. The summed E-state index contributed by atoms with van der Waals surface area (Å²) in [5, 5.41) is 0. The molecule has 13 heavy (non-hydrogen) atoms. The third kappa shape index (κ3) is 7.46. The molecule has 0 saturated carbocycles. The molecule has 0 amide bonds. The molecule has 0 rings (SSSR count). The number of carbonyl (C=O) groups is 2. The monoisotopic (exact) mass is 188 g/mol. The Morgan fingerprint density at radius 1 is 1.15 bits per heavy atom. The Labute approximate surface area is 78.2 Å². The summed E-state index contributed by atoms with van der Waals surface area (Å²) in [7, 11) is 0. The van der Waals surface area contributed by atoms with Crippen molar-refractivity contribution < 1.29 is 19.1 Å². The van der Waals surface area contributed by atoms with Crippen molar-refractivity contribution in [1.29, 1.82) is 0 Å². The molecular formula is C9H16O4. The van der Waals surface area contributed by atoms with Crippen LogP contribution in [0.15, 0.2) is 0 Å². The first-order valence-electron chi connectivity index (χ1n) is 4.52. The van der Waals surface area contributed by atoms with Crippen LogP contribution < -0.4 is 0 Å². The first kappa shape index (κ1) is 12.1. The molecule has 4 heteroatoms. The average Bonchev–Trinajstić information content (AvgIpc) is 2.12. The molecule has 0 aromatic heterocycles. The van der Waals surface area contributed by atoms with Crippen LogP contribution in [0.4, 0.5) is 0 Å². The third-order valence-electron chi connectivity index (χ3n) is 1.39. The van der Waals surface area contributed by atoms with Gasteiger partial charge in [-0.1, -0.05) is 6.92 Å². The minimum atomic E-state index is -0.471. The van der Waals surface area contributed by atoms with E-state index in [1.54, 1.807) is 6.92 Å². The summed E-state index contributed by atoms with van der Waals surface area (Å²) < 4.78 is 9.47. The van der Waals surface area contributed by atoms with Crippen molar-refractivity contribution in [2.24, 2.45) is 0 Å². The van der Waals surface area contributed by atoms with E-state index < -0.39 is 11.9 Å². The van der Waals surface area contributed by atoms with Crippen LogP contribution in [0, 0.1) is 0 Å². The number of hydrogen-bond donors (Lipinski definition) is 0. The van der Waals surface area contributed by atoms with Gasteiger partial charge in [0.1, 0.15) is 0 Å². The van der Waals surface area contributed by atoms with Crippen molar-refractivity contribution >= 4 is 11.9 Å². The molecule has 0 aromatic rings. The Kier molecular flexibility index (Phi) is 7.20. The second kappa shape index (κ2) is 7.73. The maximum Gasteiger partial charge on any atom is 0.313 e. The number of rotatable bonds is 6. The number of carbonyl (C=O) groups excluding carboxylic acids is 2. The molecule has 0 saturated heterocycles. The zero-order valence-electron chi connectivity index (χ0n) is 8.17. The fourth-order valence-corrected chi connectivity index (χ4v) is 0.713. The number of ether oxygens (including phenoxy) is 2. The quantitative estimate of drug-likeness (QED) is 0.358. The predicted octanol–water partition coefficient (Wildman–Crippen LogP) is 1.28. The summed E-state index contributed by atoms with van der Waals surface area (Å²) in [5.41, 5.74) is 0. The van der Waals surface area contributed by atoms with Gasteiger partial charge in [-0.2, -0.15) is 0 Å². The van der Waals surface area contributed by atoms with E-state index in [9.17, 15) is 9.59 Å². The Morgan fingerprint density at radius 3 is 2.38 bits per heavy atom. The molecule has 76 valence electrons. The summed E-state index contributed by atoms with van der Waals surface area (Å²) >= 11 is 0. The zero-order valence-corrected chi connectivity index (χ0v) is 8.17. The molecule has 0 atom stereocenters. The predicted molar refractivity (Wildman–Crippen MR) is 47.1 cm³/mol. The maximum absolute atomic E-state index is 10.9. The average molecular weight is 188 g/mol. The van der Waals surface area contributed by atoms with Crippen molar-refractivity contribution in [2.75, 3.05) is 13.2 Å². The molecular weight excluding hydrogens is 172 g/mol. The normalized spacial score (nSPS) is 9.69. The van der Waals surface area contributed by atoms with Gasteiger partial charge in [0, 0.05) is 26.1 Å². The second-order valence-electron chi connectivity index (χ2n) is 2.50. The lowest BCUT2D eigenvalue weighted by atomic mass is 10.3. The minimum absolute atomic E-state index is 0.233. The van der Waals surface area contributed by atoms with Gasteiger partial charge in [-0.25, -0.2) is 0 Å². The van der Waals surface area contributed by atoms with Crippen molar-refractivity contribution in [1.82, 2.24) is 0 Å². The maximum atomic E-state index is 10.9. The zero-order chi connectivity index (χ0) is 10.1. The molecule has 0 aliphatic rings. The van der Waals surface area contributed by atoms with E-state index in [0.717, 1.165) is 0 Å². The smallest absolute Gasteiger partial charge is 0.313 e. The van der Waals surface area contributed by atoms with E-state index in [4.69, 9.17) is 4.74 Å². The van der Waals surface area contributed by atoms with Crippen molar-refractivity contribution in [3.63, 3.8) is 0 Å².